The Labute approximate surface area is 97.2 Å². The van der Waals surface area contributed by atoms with Gasteiger partial charge in [0.1, 0.15) is 6.10 Å². The first-order valence-electron chi connectivity index (χ1n) is 5.38. The highest BCUT2D eigenvalue weighted by atomic mass is 32.1. The number of ether oxygens (including phenoxy) is 1. The highest BCUT2D eigenvalue weighted by Crippen LogP contribution is 2.30. The molecule has 3 heterocycles. The first-order valence-corrected chi connectivity index (χ1v) is 6.20. The lowest BCUT2D eigenvalue weighted by molar-refractivity contribution is -0.141. The molecule has 86 valence electrons. The summed E-state index contributed by atoms with van der Waals surface area (Å²) in [7, 11) is 0. The SMILES string of the molecule is Nc1nc2c(s1)CN(C(=O)C1CCCO1)C2. The zero-order chi connectivity index (χ0) is 11.1. The van der Waals surface area contributed by atoms with Crippen molar-refractivity contribution in [1.29, 1.82) is 0 Å². The first-order chi connectivity index (χ1) is 7.74. The minimum atomic E-state index is -0.230. The number of anilines is 1. The summed E-state index contributed by atoms with van der Waals surface area (Å²) < 4.78 is 5.39. The van der Waals surface area contributed by atoms with E-state index in [9.17, 15) is 4.79 Å². The smallest absolute Gasteiger partial charge is 0.252 e. The van der Waals surface area contributed by atoms with Gasteiger partial charge in [0.05, 0.1) is 23.7 Å². The fourth-order valence-electron chi connectivity index (χ4n) is 2.19. The molecule has 1 atom stereocenters. The van der Waals surface area contributed by atoms with Crippen LogP contribution in [0.15, 0.2) is 0 Å². The number of rotatable bonds is 1. The minimum Gasteiger partial charge on any atom is -0.375 e. The highest BCUT2D eigenvalue weighted by Gasteiger charge is 2.33. The molecular weight excluding hydrogens is 226 g/mol. The van der Waals surface area contributed by atoms with Gasteiger partial charge in [-0.15, -0.1) is 11.3 Å². The van der Waals surface area contributed by atoms with Gasteiger partial charge in [0.25, 0.3) is 5.91 Å². The van der Waals surface area contributed by atoms with E-state index in [0.29, 0.717) is 24.8 Å². The number of aromatic nitrogens is 1. The third-order valence-corrected chi connectivity index (χ3v) is 3.90. The third kappa shape index (κ3) is 1.58. The number of hydrogen-bond acceptors (Lipinski definition) is 5. The molecule has 1 unspecified atom stereocenters. The van der Waals surface area contributed by atoms with Crippen LogP contribution >= 0.6 is 11.3 Å². The fourth-order valence-corrected chi connectivity index (χ4v) is 3.05. The Hall–Kier alpha value is -1.14. The Morgan fingerprint density at radius 2 is 2.44 bits per heavy atom. The third-order valence-electron chi connectivity index (χ3n) is 2.99. The van der Waals surface area contributed by atoms with Crippen molar-refractivity contribution in [3.8, 4) is 0 Å². The molecule has 0 aliphatic carbocycles. The van der Waals surface area contributed by atoms with Crippen LogP contribution in [0.25, 0.3) is 0 Å². The zero-order valence-electron chi connectivity index (χ0n) is 8.81. The molecule has 16 heavy (non-hydrogen) atoms. The summed E-state index contributed by atoms with van der Waals surface area (Å²) in [6, 6.07) is 0. The maximum absolute atomic E-state index is 12.0. The summed E-state index contributed by atoms with van der Waals surface area (Å²) >= 11 is 1.47. The molecule has 1 aromatic heterocycles. The van der Waals surface area contributed by atoms with Crippen LogP contribution in [0.2, 0.25) is 0 Å². The number of nitrogens with zero attached hydrogens (tertiary/aromatic N) is 2. The molecule has 1 amide bonds. The molecule has 6 heteroatoms. The van der Waals surface area contributed by atoms with E-state index in [4.69, 9.17) is 10.5 Å². The summed E-state index contributed by atoms with van der Waals surface area (Å²) in [5, 5.41) is 0.592. The number of thiazole rings is 1. The molecule has 0 spiro atoms. The van der Waals surface area contributed by atoms with Gasteiger partial charge in [-0.1, -0.05) is 0 Å². The molecule has 1 aromatic rings. The largest absolute Gasteiger partial charge is 0.375 e. The molecule has 5 nitrogen and oxygen atoms in total. The normalized spacial score (nSPS) is 23.8. The number of amides is 1. The fraction of sp³-hybridized carbons (Fsp3) is 0.600. The number of nitrogens with two attached hydrogens (primary N) is 1. The summed E-state index contributed by atoms with van der Waals surface area (Å²) in [5.74, 6) is 0.0984. The maximum atomic E-state index is 12.0. The van der Waals surface area contributed by atoms with Gasteiger partial charge in [-0.3, -0.25) is 4.79 Å². The molecule has 3 rings (SSSR count). The highest BCUT2D eigenvalue weighted by molar-refractivity contribution is 7.15. The quantitative estimate of drug-likeness (QED) is 0.785. The van der Waals surface area contributed by atoms with Gasteiger partial charge in [0, 0.05) is 6.61 Å². The van der Waals surface area contributed by atoms with Crippen molar-refractivity contribution in [3.63, 3.8) is 0 Å². The molecule has 0 aromatic carbocycles. The lowest BCUT2D eigenvalue weighted by Gasteiger charge is -2.19. The van der Waals surface area contributed by atoms with Crippen molar-refractivity contribution >= 4 is 22.4 Å². The van der Waals surface area contributed by atoms with Crippen LogP contribution in [0.1, 0.15) is 23.4 Å². The standard InChI is InChI=1S/C10H13N3O2S/c11-10-12-6-4-13(5-8(6)16-10)9(14)7-2-1-3-15-7/h7H,1-5H2,(H2,11,12). The van der Waals surface area contributed by atoms with Gasteiger partial charge in [-0.25, -0.2) is 4.98 Å². The lowest BCUT2D eigenvalue weighted by atomic mass is 10.2. The number of nitrogen functional groups attached to an aromatic ring is 1. The predicted octanol–water partition coefficient (Wildman–Crippen LogP) is 0.746. The van der Waals surface area contributed by atoms with Crippen molar-refractivity contribution < 1.29 is 9.53 Å². The van der Waals surface area contributed by atoms with Crippen molar-refractivity contribution in [3.05, 3.63) is 10.6 Å². The minimum absolute atomic E-state index is 0.0984. The van der Waals surface area contributed by atoms with E-state index in [-0.39, 0.29) is 12.0 Å². The summed E-state index contributed by atoms with van der Waals surface area (Å²) in [6.07, 6.45) is 1.60. The summed E-state index contributed by atoms with van der Waals surface area (Å²) in [6.45, 7) is 1.93. The van der Waals surface area contributed by atoms with E-state index in [2.05, 4.69) is 4.98 Å². The van der Waals surface area contributed by atoms with E-state index in [0.717, 1.165) is 23.4 Å². The van der Waals surface area contributed by atoms with Crippen LogP contribution in [-0.2, 0) is 22.6 Å². The number of carbonyl (C=O) groups is 1. The molecule has 1 saturated heterocycles. The van der Waals surface area contributed by atoms with E-state index in [1.807, 2.05) is 4.90 Å². The summed E-state index contributed by atoms with van der Waals surface area (Å²) in [4.78, 5) is 19.2. The van der Waals surface area contributed by atoms with Gasteiger partial charge in [0.15, 0.2) is 5.13 Å². The monoisotopic (exact) mass is 239 g/mol. The summed E-state index contributed by atoms with van der Waals surface area (Å²) in [5.41, 5.74) is 6.56. The Kier molecular flexibility index (Phi) is 2.33. The van der Waals surface area contributed by atoms with E-state index >= 15 is 0 Å². The Bertz CT molecular complexity index is 402. The Morgan fingerprint density at radius 1 is 1.56 bits per heavy atom. The van der Waals surface area contributed by atoms with Crippen LogP contribution in [0.4, 0.5) is 5.13 Å². The average molecular weight is 239 g/mol. The number of fused-ring (bicyclic) bond motifs is 1. The van der Waals surface area contributed by atoms with E-state index < -0.39 is 0 Å². The van der Waals surface area contributed by atoms with Gasteiger partial charge < -0.3 is 15.4 Å². The van der Waals surface area contributed by atoms with Crippen molar-refractivity contribution in [2.75, 3.05) is 12.3 Å². The Morgan fingerprint density at radius 3 is 3.12 bits per heavy atom. The first kappa shape index (κ1) is 10.0. The molecule has 1 fully saturated rings. The second-order valence-corrected chi connectivity index (χ2v) is 5.23. The predicted molar refractivity (Wildman–Crippen MR) is 59.8 cm³/mol. The van der Waals surface area contributed by atoms with Crippen LogP contribution in [-0.4, -0.2) is 28.5 Å². The molecule has 2 N–H and O–H groups in total. The van der Waals surface area contributed by atoms with Crippen molar-refractivity contribution in [1.82, 2.24) is 9.88 Å². The molecule has 0 radical (unpaired) electrons. The topological polar surface area (TPSA) is 68.5 Å². The second-order valence-electron chi connectivity index (χ2n) is 4.12. The molecule has 0 bridgehead atoms. The van der Waals surface area contributed by atoms with Crippen LogP contribution in [0, 0.1) is 0 Å². The van der Waals surface area contributed by atoms with Gasteiger partial charge in [0.2, 0.25) is 0 Å². The van der Waals surface area contributed by atoms with Crippen molar-refractivity contribution in [2.45, 2.75) is 32.0 Å². The van der Waals surface area contributed by atoms with Crippen LogP contribution in [0.5, 0.6) is 0 Å². The average Bonchev–Trinajstić information content (AvgIpc) is 2.89. The lowest BCUT2D eigenvalue weighted by Crippen LogP contribution is -2.35. The molecular formula is C10H13N3O2S. The number of hydrogen-bond donors (Lipinski definition) is 1. The van der Waals surface area contributed by atoms with E-state index in [1.165, 1.54) is 11.3 Å². The van der Waals surface area contributed by atoms with Gasteiger partial charge in [-0.05, 0) is 12.8 Å². The Balaban J connectivity index is 1.70. The molecule has 2 aliphatic heterocycles. The maximum Gasteiger partial charge on any atom is 0.252 e. The van der Waals surface area contributed by atoms with Crippen LogP contribution in [0.3, 0.4) is 0 Å². The van der Waals surface area contributed by atoms with Gasteiger partial charge in [-0.2, -0.15) is 0 Å². The van der Waals surface area contributed by atoms with Crippen molar-refractivity contribution in [2.24, 2.45) is 0 Å². The van der Waals surface area contributed by atoms with Gasteiger partial charge >= 0.3 is 0 Å². The number of carbonyl (C=O) groups excluding carboxylic acids is 1. The van der Waals surface area contributed by atoms with Crippen LogP contribution < -0.4 is 5.73 Å². The zero-order valence-corrected chi connectivity index (χ0v) is 9.63. The molecule has 0 saturated carbocycles. The molecule has 2 aliphatic rings. The second kappa shape index (κ2) is 3.71. The van der Waals surface area contributed by atoms with E-state index in [1.54, 1.807) is 0 Å².